The topological polar surface area (TPSA) is 66.5 Å². The smallest absolute Gasteiger partial charge is 0.0698 e. The molecule has 1 aromatic carbocycles. The zero-order valence-corrected chi connectivity index (χ0v) is 18.4. The van der Waals surface area contributed by atoms with Crippen LogP contribution in [0.3, 0.4) is 0 Å². The first kappa shape index (κ1) is 26.4. The summed E-state index contributed by atoms with van der Waals surface area (Å²) in [6.45, 7) is 5.81. The fourth-order valence-electron chi connectivity index (χ4n) is 4.00. The fraction of sp³-hybridized carbons (Fsp3) is 0.739. The molecule has 1 rings (SSSR count). The standard InChI is InChI=1S/C23H41NO2.ClH/c1-4-5-6-7-8-9-10-14-17-22(19(2)25)23(24,20(3)26)18-21-15-12-11-13-16-21;/h11-13,15-16,19-20,22,25-26H,4-10,14,17-18,24H2,1-3H3;1H. The molecule has 0 bridgehead atoms. The molecule has 4 unspecified atom stereocenters. The molecular formula is C23H42ClNO2. The largest absolute Gasteiger partial charge is 0.393 e. The van der Waals surface area contributed by atoms with Crippen molar-refractivity contribution in [2.45, 2.75) is 103 Å². The minimum absolute atomic E-state index is 0. The van der Waals surface area contributed by atoms with E-state index in [0.29, 0.717) is 6.42 Å². The van der Waals surface area contributed by atoms with Gasteiger partial charge in [0.2, 0.25) is 0 Å². The molecule has 4 atom stereocenters. The highest BCUT2D eigenvalue weighted by Crippen LogP contribution is 2.31. The van der Waals surface area contributed by atoms with Crippen LogP contribution in [0.4, 0.5) is 0 Å². The van der Waals surface area contributed by atoms with Crippen molar-refractivity contribution < 1.29 is 10.2 Å². The second-order valence-electron chi connectivity index (χ2n) is 8.06. The Balaban J connectivity index is 0.00000676. The van der Waals surface area contributed by atoms with E-state index < -0.39 is 17.7 Å². The number of aliphatic hydroxyl groups excluding tert-OH is 2. The summed E-state index contributed by atoms with van der Waals surface area (Å²) in [6.07, 6.45) is 10.3. The Hall–Kier alpha value is -0.610. The van der Waals surface area contributed by atoms with Crippen LogP contribution in [0.5, 0.6) is 0 Å². The Bertz CT molecular complexity index is 467. The molecule has 27 heavy (non-hydrogen) atoms. The quantitative estimate of drug-likeness (QED) is 0.374. The number of nitrogens with two attached hydrogens (primary N) is 1. The maximum Gasteiger partial charge on any atom is 0.0698 e. The molecule has 4 heteroatoms. The van der Waals surface area contributed by atoms with Crippen LogP contribution in [0.1, 0.15) is 84.1 Å². The molecule has 0 aliphatic rings. The van der Waals surface area contributed by atoms with Gasteiger partial charge < -0.3 is 15.9 Å². The monoisotopic (exact) mass is 399 g/mol. The second kappa shape index (κ2) is 14.4. The van der Waals surface area contributed by atoms with Crippen LogP contribution in [0.2, 0.25) is 0 Å². The fourth-order valence-corrected chi connectivity index (χ4v) is 4.00. The van der Waals surface area contributed by atoms with Crippen LogP contribution in [0.15, 0.2) is 30.3 Å². The highest BCUT2D eigenvalue weighted by molar-refractivity contribution is 5.85. The van der Waals surface area contributed by atoms with Crippen molar-refractivity contribution >= 4 is 12.4 Å². The van der Waals surface area contributed by atoms with Gasteiger partial charge in [-0.15, -0.1) is 12.4 Å². The molecule has 0 saturated heterocycles. The van der Waals surface area contributed by atoms with Gasteiger partial charge in [-0.1, -0.05) is 88.6 Å². The number of benzene rings is 1. The van der Waals surface area contributed by atoms with Crippen LogP contribution >= 0.6 is 12.4 Å². The lowest BCUT2D eigenvalue weighted by Gasteiger charge is -2.42. The maximum atomic E-state index is 10.4. The Labute approximate surface area is 173 Å². The number of rotatable bonds is 14. The third kappa shape index (κ3) is 9.43. The van der Waals surface area contributed by atoms with Gasteiger partial charge in [-0.05, 0) is 32.3 Å². The van der Waals surface area contributed by atoms with E-state index in [1.807, 2.05) is 37.3 Å². The lowest BCUT2D eigenvalue weighted by Crippen LogP contribution is -2.60. The first-order valence-corrected chi connectivity index (χ1v) is 10.6. The molecule has 0 amide bonds. The van der Waals surface area contributed by atoms with Crippen LogP contribution in [0.25, 0.3) is 0 Å². The summed E-state index contributed by atoms with van der Waals surface area (Å²) < 4.78 is 0. The van der Waals surface area contributed by atoms with Gasteiger partial charge >= 0.3 is 0 Å². The second-order valence-corrected chi connectivity index (χ2v) is 8.06. The summed E-state index contributed by atoms with van der Waals surface area (Å²) in [5.41, 5.74) is 7.00. The van der Waals surface area contributed by atoms with E-state index >= 15 is 0 Å². The van der Waals surface area contributed by atoms with E-state index in [1.54, 1.807) is 6.92 Å². The maximum absolute atomic E-state index is 10.4. The zero-order chi connectivity index (χ0) is 19.4. The summed E-state index contributed by atoms with van der Waals surface area (Å²) >= 11 is 0. The molecule has 0 radical (unpaired) electrons. The Morgan fingerprint density at radius 2 is 1.41 bits per heavy atom. The van der Waals surface area contributed by atoms with E-state index in [2.05, 4.69) is 6.92 Å². The summed E-state index contributed by atoms with van der Waals surface area (Å²) in [6, 6.07) is 10.1. The number of unbranched alkanes of at least 4 members (excludes halogenated alkanes) is 7. The van der Waals surface area contributed by atoms with Gasteiger partial charge in [-0.2, -0.15) is 0 Å². The van der Waals surface area contributed by atoms with Crippen molar-refractivity contribution in [3.8, 4) is 0 Å². The molecule has 0 spiro atoms. The molecule has 3 nitrogen and oxygen atoms in total. The third-order valence-corrected chi connectivity index (χ3v) is 5.77. The van der Waals surface area contributed by atoms with Crippen LogP contribution in [-0.4, -0.2) is 28.0 Å². The molecule has 158 valence electrons. The minimum atomic E-state index is -0.809. The van der Waals surface area contributed by atoms with E-state index in [4.69, 9.17) is 5.73 Å². The predicted octanol–water partition coefficient (Wildman–Crippen LogP) is 5.26. The first-order valence-electron chi connectivity index (χ1n) is 10.6. The summed E-state index contributed by atoms with van der Waals surface area (Å²) in [4.78, 5) is 0. The van der Waals surface area contributed by atoms with Crippen molar-refractivity contribution in [2.75, 3.05) is 0 Å². The van der Waals surface area contributed by atoms with Gasteiger partial charge in [-0.25, -0.2) is 0 Å². The van der Waals surface area contributed by atoms with E-state index in [-0.39, 0.29) is 18.3 Å². The SMILES string of the molecule is CCCCCCCCCCC(C(C)O)C(N)(Cc1ccccc1)C(C)O.Cl. The number of hydrogen-bond donors (Lipinski definition) is 3. The predicted molar refractivity (Wildman–Crippen MR) is 118 cm³/mol. The number of aliphatic hydroxyl groups is 2. The first-order chi connectivity index (χ1) is 12.4. The molecular weight excluding hydrogens is 358 g/mol. The summed E-state index contributed by atoms with van der Waals surface area (Å²) in [7, 11) is 0. The molecule has 0 aromatic heterocycles. The molecule has 0 saturated carbocycles. The van der Waals surface area contributed by atoms with Crippen LogP contribution in [0, 0.1) is 5.92 Å². The number of halogens is 1. The lowest BCUT2D eigenvalue weighted by molar-refractivity contribution is -0.00353. The van der Waals surface area contributed by atoms with Crippen molar-refractivity contribution in [2.24, 2.45) is 11.7 Å². The van der Waals surface area contributed by atoms with Crippen molar-refractivity contribution in [1.82, 2.24) is 0 Å². The van der Waals surface area contributed by atoms with E-state index in [9.17, 15) is 10.2 Å². The summed E-state index contributed by atoms with van der Waals surface area (Å²) in [5, 5.41) is 20.8. The van der Waals surface area contributed by atoms with Gasteiger partial charge in [0.25, 0.3) is 0 Å². The molecule has 0 aliphatic heterocycles. The third-order valence-electron chi connectivity index (χ3n) is 5.77. The Morgan fingerprint density at radius 3 is 1.89 bits per heavy atom. The average molecular weight is 400 g/mol. The van der Waals surface area contributed by atoms with Crippen molar-refractivity contribution in [3.63, 3.8) is 0 Å². The van der Waals surface area contributed by atoms with Crippen molar-refractivity contribution in [3.05, 3.63) is 35.9 Å². The number of hydrogen-bond acceptors (Lipinski definition) is 3. The van der Waals surface area contributed by atoms with Gasteiger partial charge in [0.1, 0.15) is 0 Å². The van der Waals surface area contributed by atoms with Gasteiger partial charge in [0, 0.05) is 5.92 Å². The zero-order valence-electron chi connectivity index (χ0n) is 17.6. The van der Waals surface area contributed by atoms with Crippen molar-refractivity contribution in [1.29, 1.82) is 0 Å². The molecule has 0 aliphatic carbocycles. The van der Waals surface area contributed by atoms with Gasteiger partial charge in [-0.3, -0.25) is 0 Å². The van der Waals surface area contributed by atoms with Crippen LogP contribution < -0.4 is 5.73 Å². The molecule has 0 fully saturated rings. The van der Waals surface area contributed by atoms with Gasteiger partial charge in [0.15, 0.2) is 0 Å². The molecule has 4 N–H and O–H groups in total. The lowest BCUT2D eigenvalue weighted by atomic mass is 9.71. The van der Waals surface area contributed by atoms with E-state index in [1.165, 1.54) is 44.9 Å². The highest BCUT2D eigenvalue weighted by Gasteiger charge is 2.41. The minimum Gasteiger partial charge on any atom is -0.393 e. The highest BCUT2D eigenvalue weighted by atomic mass is 35.5. The van der Waals surface area contributed by atoms with Gasteiger partial charge in [0.05, 0.1) is 17.7 Å². The summed E-state index contributed by atoms with van der Waals surface area (Å²) in [5.74, 6) is -0.109. The molecule has 1 aromatic rings. The Kier molecular flexibility index (Phi) is 14.1. The van der Waals surface area contributed by atoms with E-state index in [0.717, 1.165) is 18.4 Å². The average Bonchev–Trinajstić information content (AvgIpc) is 2.60. The molecule has 0 heterocycles. The normalized spacial score (nSPS) is 16.8. The Morgan fingerprint density at radius 1 is 0.889 bits per heavy atom. The van der Waals surface area contributed by atoms with Crippen LogP contribution in [-0.2, 0) is 6.42 Å².